The van der Waals surface area contributed by atoms with Crippen molar-refractivity contribution >= 4 is 17.6 Å². The van der Waals surface area contributed by atoms with Gasteiger partial charge in [-0.2, -0.15) is 13.2 Å². The molecule has 3 aromatic rings. The monoisotopic (exact) mass is 527 g/mol. The normalized spacial score (nSPS) is 14.9. The number of halogens is 3. The summed E-state index contributed by atoms with van der Waals surface area (Å²) in [5.74, 6) is 0.893. The van der Waals surface area contributed by atoms with Crippen molar-refractivity contribution in [1.29, 1.82) is 0 Å². The number of fused-ring (bicyclic) bond motifs is 1. The number of anilines is 1. The van der Waals surface area contributed by atoms with Gasteiger partial charge in [-0.3, -0.25) is 9.59 Å². The standard InChI is InChI=1S/C26H24F3N5O4/c27-26(28,29)19-4-2-1-3-18(19)25(36)34-13-11-33(12-14-34)23-8-6-20(31-32-23)24(35)30-10-9-17-5-7-21-22(15-17)38-16-37-21/h1-8,15H,9-14,16H2,(H,30,35). The Morgan fingerprint density at radius 3 is 2.42 bits per heavy atom. The van der Waals surface area contributed by atoms with Gasteiger partial charge in [0, 0.05) is 32.7 Å². The smallest absolute Gasteiger partial charge is 0.417 e. The zero-order valence-corrected chi connectivity index (χ0v) is 20.2. The van der Waals surface area contributed by atoms with E-state index in [2.05, 4.69) is 15.5 Å². The molecule has 0 atom stereocenters. The number of amides is 2. The van der Waals surface area contributed by atoms with E-state index < -0.39 is 17.6 Å². The maximum atomic E-state index is 13.3. The number of nitrogens with zero attached hydrogens (tertiary/aromatic N) is 4. The van der Waals surface area contributed by atoms with Crippen LogP contribution >= 0.6 is 0 Å². The Bertz CT molecular complexity index is 1330. The highest BCUT2D eigenvalue weighted by Gasteiger charge is 2.36. The van der Waals surface area contributed by atoms with Crippen molar-refractivity contribution in [3.63, 3.8) is 0 Å². The number of piperazine rings is 1. The van der Waals surface area contributed by atoms with Crippen molar-refractivity contribution in [1.82, 2.24) is 20.4 Å². The Morgan fingerprint density at radius 2 is 1.68 bits per heavy atom. The summed E-state index contributed by atoms with van der Waals surface area (Å²) in [6.07, 6.45) is -4.01. The number of hydrogen-bond acceptors (Lipinski definition) is 7. The molecule has 1 saturated heterocycles. The van der Waals surface area contributed by atoms with Crippen molar-refractivity contribution in [3.8, 4) is 11.5 Å². The van der Waals surface area contributed by atoms with Crippen LogP contribution in [0.5, 0.6) is 11.5 Å². The molecule has 0 radical (unpaired) electrons. The molecule has 2 aromatic carbocycles. The quantitative estimate of drug-likeness (QED) is 0.526. The lowest BCUT2D eigenvalue weighted by molar-refractivity contribution is -0.138. The van der Waals surface area contributed by atoms with Crippen molar-refractivity contribution in [3.05, 3.63) is 77.0 Å². The van der Waals surface area contributed by atoms with Gasteiger partial charge in [0.25, 0.3) is 11.8 Å². The van der Waals surface area contributed by atoms with Crippen LogP contribution in [-0.4, -0.2) is 66.4 Å². The number of ether oxygens (including phenoxy) is 2. The van der Waals surface area contributed by atoms with E-state index in [0.29, 0.717) is 43.4 Å². The van der Waals surface area contributed by atoms with Crippen LogP contribution < -0.4 is 19.7 Å². The average molecular weight is 528 g/mol. The summed E-state index contributed by atoms with van der Waals surface area (Å²) >= 11 is 0. The number of carbonyl (C=O) groups is 2. The minimum atomic E-state index is -4.61. The van der Waals surface area contributed by atoms with E-state index in [1.807, 2.05) is 23.1 Å². The number of hydrogen-bond donors (Lipinski definition) is 1. The fourth-order valence-corrected chi connectivity index (χ4v) is 4.35. The molecule has 1 aromatic heterocycles. The lowest BCUT2D eigenvalue weighted by Crippen LogP contribution is -2.49. The van der Waals surface area contributed by atoms with Crippen LogP contribution in [0.25, 0.3) is 0 Å². The third-order valence-corrected chi connectivity index (χ3v) is 6.37. The van der Waals surface area contributed by atoms with E-state index in [9.17, 15) is 22.8 Å². The van der Waals surface area contributed by atoms with Crippen LogP contribution in [0, 0.1) is 0 Å². The van der Waals surface area contributed by atoms with Gasteiger partial charge in [0.15, 0.2) is 23.0 Å². The number of rotatable bonds is 6. The summed E-state index contributed by atoms with van der Waals surface area (Å²) in [6, 6.07) is 13.6. The first kappa shape index (κ1) is 25.3. The fourth-order valence-electron chi connectivity index (χ4n) is 4.35. The maximum absolute atomic E-state index is 13.3. The van der Waals surface area contributed by atoms with E-state index in [4.69, 9.17) is 9.47 Å². The average Bonchev–Trinajstić information content (AvgIpc) is 3.40. The molecule has 2 aliphatic rings. The Morgan fingerprint density at radius 1 is 0.921 bits per heavy atom. The third-order valence-electron chi connectivity index (χ3n) is 6.37. The highest BCUT2D eigenvalue weighted by molar-refractivity contribution is 5.96. The first-order valence-corrected chi connectivity index (χ1v) is 12.0. The summed E-state index contributed by atoms with van der Waals surface area (Å²) in [7, 11) is 0. The second kappa shape index (κ2) is 10.6. The predicted octanol–water partition coefficient (Wildman–Crippen LogP) is 3.16. The second-order valence-electron chi connectivity index (χ2n) is 8.79. The molecule has 2 amide bonds. The molecule has 9 nitrogen and oxygen atoms in total. The molecule has 2 aliphatic heterocycles. The van der Waals surface area contributed by atoms with E-state index >= 15 is 0 Å². The van der Waals surface area contributed by atoms with Gasteiger partial charge in [-0.05, 0) is 48.4 Å². The summed E-state index contributed by atoms with van der Waals surface area (Å²) in [5.41, 5.74) is -0.141. The first-order valence-electron chi connectivity index (χ1n) is 12.0. The summed E-state index contributed by atoms with van der Waals surface area (Å²) < 4.78 is 50.6. The van der Waals surface area contributed by atoms with Crippen LogP contribution in [0.2, 0.25) is 0 Å². The number of nitrogens with one attached hydrogen (secondary N) is 1. The largest absolute Gasteiger partial charge is 0.454 e. The SMILES string of the molecule is O=C(NCCc1ccc2c(c1)OCO2)c1ccc(N2CCN(C(=O)c3ccccc3C(F)(F)F)CC2)nn1. The van der Waals surface area contributed by atoms with E-state index in [1.54, 1.807) is 12.1 Å². The van der Waals surface area contributed by atoms with E-state index in [1.165, 1.54) is 23.1 Å². The Kier molecular flexibility index (Phi) is 7.03. The number of carbonyl (C=O) groups excluding carboxylic acids is 2. The van der Waals surface area contributed by atoms with Crippen molar-refractivity contribution < 1.29 is 32.2 Å². The number of aromatic nitrogens is 2. The Labute approximate surface area is 216 Å². The van der Waals surface area contributed by atoms with Gasteiger partial charge >= 0.3 is 6.18 Å². The maximum Gasteiger partial charge on any atom is 0.417 e. The molecule has 12 heteroatoms. The van der Waals surface area contributed by atoms with Crippen LogP contribution in [0.4, 0.5) is 19.0 Å². The third kappa shape index (κ3) is 5.48. The first-order chi connectivity index (χ1) is 18.3. The van der Waals surface area contributed by atoms with E-state index in [0.717, 1.165) is 11.6 Å². The van der Waals surface area contributed by atoms with Crippen LogP contribution in [-0.2, 0) is 12.6 Å². The lowest BCUT2D eigenvalue weighted by Gasteiger charge is -2.35. The topological polar surface area (TPSA) is 96.9 Å². The zero-order chi connectivity index (χ0) is 26.7. The van der Waals surface area contributed by atoms with Crippen LogP contribution in [0.15, 0.2) is 54.6 Å². The van der Waals surface area contributed by atoms with Crippen molar-refractivity contribution in [2.45, 2.75) is 12.6 Å². The molecular weight excluding hydrogens is 503 g/mol. The van der Waals surface area contributed by atoms with Gasteiger partial charge in [-0.25, -0.2) is 0 Å². The van der Waals surface area contributed by atoms with Gasteiger partial charge in [-0.15, -0.1) is 10.2 Å². The summed E-state index contributed by atoms with van der Waals surface area (Å²) in [5, 5.41) is 11.0. The minimum absolute atomic E-state index is 0.164. The molecule has 198 valence electrons. The summed E-state index contributed by atoms with van der Waals surface area (Å²) in [4.78, 5) is 28.5. The molecule has 1 fully saturated rings. The predicted molar refractivity (Wildman–Crippen MR) is 130 cm³/mol. The van der Waals surface area contributed by atoms with Gasteiger partial charge in [0.2, 0.25) is 6.79 Å². The molecule has 1 N–H and O–H groups in total. The second-order valence-corrected chi connectivity index (χ2v) is 8.79. The highest BCUT2D eigenvalue weighted by atomic mass is 19.4. The zero-order valence-electron chi connectivity index (χ0n) is 20.2. The highest BCUT2D eigenvalue weighted by Crippen LogP contribution is 2.33. The molecule has 0 saturated carbocycles. The van der Waals surface area contributed by atoms with Gasteiger partial charge in [0.1, 0.15) is 0 Å². The molecular formula is C26H24F3N5O4. The molecule has 5 rings (SSSR count). The molecule has 0 bridgehead atoms. The number of benzene rings is 2. The van der Waals surface area contributed by atoms with Gasteiger partial charge in [0.05, 0.1) is 11.1 Å². The van der Waals surface area contributed by atoms with Gasteiger partial charge in [-0.1, -0.05) is 18.2 Å². The van der Waals surface area contributed by atoms with E-state index in [-0.39, 0.29) is 37.0 Å². The molecule has 38 heavy (non-hydrogen) atoms. The molecule has 0 unspecified atom stereocenters. The fraction of sp³-hybridized carbons (Fsp3) is 0.308. The number of alkyl halides is 3. The Balaban J connectivity index is 1.12. The van der Waals surface area contributed by atoms with Crippen LogP contribution in [0.1, 0.15) is 32.0 Å². The van der Waals surface area contributed by atoms with Crippen molar-refractivity contribution in [2.75, 3.05) is 44.4 Å². The minimum Gasteiger partial charge on any atom is -0.454 e. The molecule has 0 aliphatic carbocycles. The lowest BCUT2D eigenvalue weighted by atomic mass is 10.1. The van der Waals surface area contributed by atoms with Gasteiger partial charge < -0.3 is 24.6 Å². The molecule has 0 spiro atoms. The molecule has 3 heterocycles. The van der Waals surface area contributed by atoms with Crippen molar-refractivity contribution in [2.24, 2.45) is 0 Å². The summed E-state index contributed by atoms with van der Waals surface area (Å²) in [6.45, 7) is 1.80. The van der Waals surface area contributed by atoms with Crippen LogP contribution in [0.3, 0.4) is 0 Å². The Hall–Kier alpha value is -4.35.